The number of aromatic nitrogens is 1. The highest BCUT2D eigenvalue weighted by Crippen LogP contribution is 2.35. The zero-order valence-electron chi connectivity index (χ0n) is 15.5. The van der Waals surface area contributed by atoms with E-state index in [0.717, 1.165) is 21.9 Å². The first-order chi connectivity index (χ1) is 14.2. The SMILES string of the molecule is O=C(N=Nc1c(O)[nH]c2ccccc12)C1CC(c2cccc3ccccc23)NN1. The van der Waals surface area contributed by atoms with Gasteiger partial charge in [0.15, 0.2) is 5.69 Å². The third kappa shape index (κ3) is 3.16. The van der Waals surface area contributed by atoms with Crippen LogP contribution >= 0.6 is 0 Å². The minimum Gasteiger partial charge on any atom is -0.493 e. The molecule has 0 aliphatic carbocycles. The van der Waals surface area contributed by atoms with Crippen LogP contribution in [0, 0.1) is 0 Å². The largest absolute Gasteiger partial charge is 0.493 e. The Hall–Kier alpha value is -3.55. The summed E-state index contributed by atoms with van der Waals surface area (Å²) >= 11 is 0. The first kappa shape index (κ1) is 17.5. The number of carbonyl (C=O) groups is 1. The maximum atomic E-state index is 12.6. The van der Waals surface area contributed by atoms with E-state index in [1.54, 1.807) is 0 Å². The Labute approximate surface area is 166 Å². The number of amides is 1. The second-order valence-corrected chi connectivity index (χ2v) is 7.10. The third-order valence-electron chi connectivity index (χ3n) is 5.31. The smallest absolute Gasteiger partial charge is 0.282 e. The molecule has 7 nitrogen and oxygen atoms in total. The van der Waals surface area contributed by atoms with Crippen LogP contribution in [-0.4, -0.2) is 22.0 Å². The van der Waals surface area contributed by atoms with Gasteiger partial charge in [-0.25, -0.2) is 10.9 Å². The van der Waals surface area contributed by atoms with Crippen molar-refractivity contribution in [1.29, 1.82) is 0 Å². The van der Waals surface area contributed by atoms with E-state index in [9.17, 15) is 9.90 Å². The molecule has 1 aromatic heterocycles. The minimum atomic E-state index is -0.491. The predicted molar refractivity (Wildman–Crippen MR) is 111 cm³/mol. The molecule has 29 heavy (non-hydrogen) atoms. The summed E-state index contributed by atoms with van der Waals surface area (Å²) in [5.74, 6) is -0.487. The van der Waals surface area contributed by atoms with Gasteiger partial charge in [-0.3, -0.25) is 4.79 Å². The lowest BCUT2D eigenvalue weighted by molar-refractivity contribution is -0.120. The fourth-order valence-electron chi connectivity index (χ4n) is 3.86. The van der Waals surface area contributed by atoms with Crippen molar-refractivity contribution in [1.82, 2.24) is 15.8 Å². The van der Waals surface area contributed by atoms with Gasteiger partial charge in [0.1, 0.15) is 6.04 Å². The van der Waals surface area contributed by atoms with E-state index >= 15 is 0 Å². The van der Waals surface area contributed by atoms with Gasteiger partial charge in [-0.2, -0.15) is 0 Å². The minimum absolute atomic E-state index is 0.00765. The molecule has 144 valence electrons. The van der Waals surface area contributed by atoms with Crippen LogP contribution in [0.25, 0.3) is 21.7 Å². The molecule has 4 aromatic rings. The quantitative estimate of drug-likeness (QED) is 0.396. The van der Waals surface area contributed by atoms with E-state index in [4.69, 9.17) is 0 Å². The van der Waals surface area contributed by atoms with Gasteiger partial charge in [-0.15, -0.1) is 10.2 Å². The molecule has 0 saturated carbocycles. The average molecular weight is 385 g/mol. The van der Waals surface area contributed by atoms with Gasteiger partial charge < -0.3 is 10.1 Å². The summed E-state index contributed by atoms with van der Waals surface area (Å²) in [6, 6.07) is 21.2. The van der Waals surface area contributed by atoms with Crippen LogP contribution in [0.2, 0.25) is 0 Å². The summed E-state index contributed by atoms with van der Waals surface area (Å²) in [4.78, 5) is 15.4. The van der Waals surface area contributed by atoms with Crippen molar-refractivity contribution in [3.63, 3.8) is 0 Å². The van der Waals surface area contributed by atoms with Crippen LogP contribution in [0.3, 0.4) is 0 Å². The van der Waals surface area contributed by atoms with Crippen molar-refractivity contribution >= 4 is 33.3 Å². The van der Waals surface area contributed by atoms with E-state index in [1.165, 1.54) is 0 Å². The molecule has 7 heteroatoms. The number of hydrogen-bond acceptors (Lipinski definition) is 5. The van der Waals surface area contributed by atoms with Gasteiger partial charge in [0.05, 0.1) is 5.52 Å². The van der Waals surface area contributed by atoms with Crippen LogP contribution in [0.5, 0.6) is 5.88 Å². The standard InChI is InChI=1S/C22H19N5O2/c28-21(27-26-20-16-9-3-4-11-17(16)23-22(20)29)19-12-18(24-25-19)15-10-5-7-13-6-1-2-8-14(13)15/h1-11,18-19,23-25,29H,12H2. The molecule has 1 saturated heterocycles. The van der Waals surface area contributed by atoms with Crippen LogP contribution in [0.1, 0.15) is 18.0 Å². The maximum absolute atomic E-state index is 12.6. The van der Waals surface area contributed by atoms with E-state index in [2.05, 4.69) is 50.3 Å². The normalized spacial score (nSPS) is 19.4. The number of carbonyl (C=O) groups excluding carboxylic acids is 1. The number of aromatic hydroxyl groups is 1. The molecule has 1 fully saturated rings. The molecule has 1 aliphatic heterocycles. The Morgan fingerprint density at radius 3 is 2.59 bits per heavy atom. The Balaban J connectivity index is 1.35. The molecule has 3 aromatic carbocycles. The Morgan fingerprint density at radius 1 is 0.931 bits per heavy atom. The fourth-order valence-corrected chi connectivity index (χ4v) is 3.86. The van der Waals surface area contributed by atoms with Crippen molar-refractivity contribution in [2.45, 2.75) is 18.5 Å². The highest BCUT2D eigenvalue weighted by molar-refractivity contribution is 5.94. The van der Waals surface area contributed by atoms with Crippen LogP contribution in [0.15, 0.2) is 77.0 Å². The molecule has 1 amide bonds. The second kappa shape index (κ2) is 7.12. The van der Waals surface area contributed by atoms with Gasteiger partial charge in [0.2, 0.25) is 5.88 Å². The number of nitrogens with zero attached hydrogens (tertiary/aromatic N) is 2. The van der Waals surface area contributed by atoms with Gasteiger partial charge in [-0.05, 0) is 28.8 Å². The molecule has 0 radical (unpaired) electrons. The Bertz CT molecular complexity index is 1240. The summed E-state index contributed by atoms with van der Waals surface area (Å²) in [5, 5.41) is 21.0. The molecule has 2 atom stereocenters. The summed E-state index contributed by atoms with van der Waals surface area (Å²) in [6.07, 6.45) is 0.561. The van der Waals surface area contributed by atoms with Gasteiger partial charge in [0, 0.05) is 11.4 Å². The first-order valence-electron chi connectivity index (χ1n) is 9.44. The summed E-state index contributed by atoms with van der Waals surface area (Å²) in [7, 11) is 0. The second-order valence-electron chi connectivity index (χ2n) is 7.10. The lowest BCUT2D eigenvalue weighted by Crippen LogP contribution is -2.35. The number of aromatic amines is 1. The molecule has 2 heterocycles. The van der Waals surface area contributed by atoms with E-state index in [0.29, 0.717) is 11.8 Å². The van der Waals surface area contributed by atoms with Crippen LogP contribution in [0.4, 0.5) is 5.69 Å². The van der Waals surface area contributed by atoms with Gasteiger partial charge in [-0.1, -0.05) is 60.7 Å². The molecule has 2 unspecified atom stereocenters. The number of fused-ring (bicyclic) bond motifs is 2. The van der Waals surface area contributed by atoms with Crippen molar-refractivity contribution in [2.24, 2.45) is 10.2 Å². The summed E-state index contributed by atoms with van der Waals surface area (Å²) < 4.78 is 0. The van der Waals surface area contributed by atoms with Crippen molar-refractivity contribution in [2.75, 3.05) is 0 Å². The van der Waals surface area contributed by atoms with Crippen LogP contribution < -0.4 is 10.9 Å². The molecular formula is C22H19N5O2. The third-order valence-corrected chi connectivity index (χ3v) is 5.31. The number of para-hydroxylation sites is 1. The van der Waals surface area contributed by atoms with E-state index in [1.807, 2.05) is 42.5 Å². The maximum Gasteiger partial charge on any atom is 0.282 e. The fraction of sp³-hybridized carbons (Fsp3) is 0.136. The summed E-state index contributed by atoms with van der Waals surface area (Å²) in [6.45, 7) is 0. The average Bonchev–Trinajstić information content (AvgIpc) is 3.36. The highest BCUT2D eigenvalue weighted by atomic mass is 16.3. The first-order valence-corrected chi connectivity index (χ1v) is 9.44. The molecule has 5 rings (SSSR count). The Morgan fingerprint density at radius 2 is 1.69 bits per heavy atom. The monoisotopic (exact) mass is 385 g/mol. The van der Waals surface area contributed by atoms with Gasteiger partial charge >= 0.3 is 0 Å². The van der Waals surface area contributed by atoms with Crippen LogP contribution in [-0.2, 0) is 4.79 Å². The zero-order valence-corrected chi connectivity index (χ0v) is 15.5. The number of hydrogen-bond donors (Lipinski definition) is 4. The van der Waals surface area contributed by atoms with Crippen molar-refractivity contribution in [3.05, 3.63) is 72.3 Å². The number of azo groups is 1. The molecule has 1 aliphatic rings. The molecule has 0 spiro atoms. The Kier molecular flexibility index (Phi) is 4.31. The number of H-pyrrole nitrogens is 1. The zero-order chi connectivity index (χ0) is 19.8. The van der Waals surface area contributed by atoms with E-state index in [-0.39, 0.29) is 23.5 Å². The highest BCUT2D eigenvalue weighted by Gasteiger charge is 2.31. The van der Waals surface area contributed by atoms with Crippen molar-refractivity contribution in [3.8, 4) is 5.88 Å². The van der Waals surface area contributed by atoms with Crippen molar-refractivity contribution < 1.29 is 9.90 Å². The lowest BCUT2D eigenvalue weighted by Gasteiger charge is -2.12. The van der Waals surface area contributed by atoms with E-state index < -0.39 is 6.04 Å². The molecular weight excluding hydrogens is 366 g/mol. The number of nitrogens with one attached hydrogen (secondary N) is 3. The molecule has 0 bridgehead atoms. The predicted octanol–water partition coefficient (Wildman–Crippen LogP) is 4.24. The van der Waals surface area contributed by atoms with Gasteiger partial charge in [0.25, 0.3) is 5.91 Å². The number of rotatable bonds is 3. The summed E-state index contributed by atoms with van der Waals surface area (Å²) in [5.41, 5.74) is 8.37. The lowest BCUT2D eigenvalue weighted by atomic mass is 9.96. The molecule has 4 N–H and O–H groups in total. The number of benzene rings is 3. The topological polar surface area (TPSA) is 102 Å². The number of hydrazine groups is 1.